The van der Waals surface area contributed by atoms with E-state index in [4.69, 9.17) is 0 Å². The van der Waals surface area contributed by atoms with Gasteiger partial charge in [0.15, 0.2) is 0 Å². The molecule has 7 heteroatoms. The van der Waals surface area contributed by atoms with Crippen molar-refractivity contribution in [2.75, 3.05) is 17.7 Å². The minimum atomic E-state index is -0.542. The Bertz CT molecular complexity index is 661. The van der Waals surface area contributed by atoms with Crippen LogP contribution in [0, 0.1) is 22.9 Å². The van der Waals surface area contributed by atoms with Crippen LogP contribution in [0.25, 0.3) is 0 Å². The van der Waals surface area contributed by atoms with E-state index in [0.717, 1.165) is 0 Å². The van der Waals surface area contributed by atoms with Crippen molar-refractivity contribution in [3.8, 4) is 0 Å². The molecule has 0 radical (unpaired) electrons. The molecule has 20 heavy (non-hydrogen) atoms. The molecule has 0 saturated heterocycles. The molecule has 1 aromatic heterocycles. The molecule has 1 aromatic carbocycles. The van der Waals surface area contributed by atoms with Crippen molar-refractivity contribution in [1.82, 2.24) is 4.98 Å². The van der Waals surface area contributed by atoms with Gasteiger partial charge in [-0.25, -0.2) is 9.37 Å². The molecule has 0 spiro atoms. The smallest absolute Gasteiger partial charge is 0.311 e. The normalized spacial score (nSPS) is 10.2. The van der Waals surface area contributed by atoms with Crippen LogP contribution in [0.3, 0.4) is 0 Å². The highest BCUT2D eigenvalue weighted by Crippen LogP contribution is 2.27. The fourth-order valence-electron chi connectivity index (χ4n) is 1.64. The summed E-state index contributed by atoms with van der Waals surface area (Å²) in [5, 5.41) is 16.5. The molecular weight excluding hydrogens is 263 g/mol. The Morgan fingerprint density at radius 1 is 1.30 bits per heavy atom. The Balaban J connectivity index is 2.40. The van der Waals surface area contributed by atoms with Crippen LogP contribution in [-0.2, 0) is 0 Å². The van der Waals surface area contributed by atoms with Gasteiger partial charge in [-0.05, 0) is 30.7 Å². The second-order valence-electron chi connectivity index (χ2n) is 4.16. The zero-order valence-electron chi connectivity index (χ0n) is 11.0. The minimum Gasteiger partial charge on any atom is -0.373 e. The molecule has 6 nitrogen and oxygen atoms in total. The van der Waals surface area contributed by atoms with Crippen molar-refractivity contribution < 1.29 is 9.31 Å². The van der Waals surface area contributed by atoms with Gasteiger partial charge in [-0.2, -0.15) is 0 Å². The van der Waals surface area contributed by atoms with Crippen LogP contribution < -0.4 is 10.6 Å². The first-order chi connectivity index (χ1) is 9.51. The Kier molecular flexibility index (Phi) is 3.79. The van der Waals surface area contributed by atoms with Crippen LogP contribution >= 0.6 is 0 Å². The molecule has 104 valence electrons. The largest absolute Gasteiger partial charge is 0.373 e. The molecule has 0 aliphatic rings. The molecule has 2 rings (SSSR count). The summed E-state index contributed by atoms with van der Waals surface area (Å²) >= 11 is 0. The average Bonchev–Trinajstić information content (AvgIpc) is 2.42. The number of nitrogens with one attached hydrogen (secondary N) is 2. The molecule has 0 saturated carbocycles. The molecule has 0 bridgehead atoms. The highest BCUT2D eigenvalue weighted by atomic mass is 19.1. The van der Waals surface area contributed by atoms with E-state index < -0.39 is 4.92 Å². The quantitative estimate of drug-likeness (QED) is 0.662. The highest BCUT2D eigenvalue weighted by Gasteiger charge is 2.16. The molecule has 0 atom stereocenters. The van der Waals surface area contributed by atoms with E-state index in [1.165, 1.54) is 18.2 Å². The predicted octanol–water partition coefficient (Wildman–Crippen LogP) is 3.22. The van der Waals surface area contributed by atoms with E-state index in [2.05, 4.69) is 15.6 Å². The number of anilines is 3. The van der Waals surface area contributed by atoms with Crippen molar-refractivity contribution in [1.29, 1.82) is 0 Å². The summed E-state index contributed by atoms with van der Waals surface area (Å²) in [7, 11) is 1.66. The molecule has 0 fully saturated rings. The number of rotatable bonds is 4. The summed E-state index contributed by atoms with van der Waals surface area (Å²) in [5.41, 5.74) is 0.726. The van der Waals surface area contributed by atoms with Gasteiger partial charge in [0.05, 0.1) is 4.92 Å². The maximum Gasteiger partial charge on any atom is 0.311 e. The first kappa shape index (κ1) is 13.7. The first-order valence-electron chi connectivity index (χ1n) is 5.87. The second-order valence-corrected chi connectivity index (χ2v) is 4.16. The van der Waals surface area contributed by atoms with Crippen LogP contribution in [0.5, 0.6) is 0 Å². The van der Waals surface area contributed by atoms with Crippen LogP contribution in [0.1, 0.15) is 5.56 Å². The minimum absolute atomic E-state index is 0.0603. The number of benzene rings is 1. The highest BCUT2D eigenvalue weighted by molar-refractivity contribution is 5.67. The summed E-state index contributed by atoms with van der Waals surface area (Å²) in [4.78, 5) is 14.5. The summed E-state index contributed by atoms with van der Waals surface area (Å²) in [5.74, 6) is 0.151. The van der Waals surface area contributed by atoms with Crippen LogP contribution in [0.15, 0.2) is 30.3 Å². The molecule has 2 aromatic rings. The molecular formula is C13H13FN4O2. The van der Waals surface area contributed by atoms with Gasteiger partial charge in [0, 0.05) is 18.8 Å². The van der Waals surface area contributed by atoms with Gasteiger partial charge in [0.2, 0.25) is 5.82 Å². The summed E-state index contributed by atoms with van der Waals surface area (Å²) in [6.07, 6.45) is 0. The number of halogens is 1. The summed E-state index contributed by atoms with van der Waals surface area (Å²) in [6, 6.07) is 7.33. The lowest BCUT2D eigenvalue weighted by Crippen LogP contribution is -2.02. The van der Waals surface area contributed by atoms with E-state index in [-0.39, 0.29) is 17.3 Å². The molecule has 0 amide bonds. The molecule has 0 unspecified atom stereocenters. The van der Waals surface area contributed by atoms with Crippen molar-refractivity contribution in [3.63, 3.8) is 0 Å². The third kappa shape index (κ3) is 2.82. The molecule has 0 aliphatic carbocycles. The number of aryl methyl sites for hydroxylation is 1. The predicted molar refractivity (Wildman–Crippen MR) is 74.9 cm³/mol. The standard InChI is InChI=1S/C13H13FN4O2/c1-8-3-4-9(7-10(8)14)16-13-11(18(19)20)5-6-12(15-2)17-13/h3-7H,1-2H3,(H2,15,16,17). The number of pyridine rings is 1. The van der Waals surface area contributed by atoms with Crippen molar-refractivity contribution in [2.24, 2.45) is 0 Å². The first-order valence-corrected chi connectivity index (χ1v) is 5.87. The monoisotopic (exact) mass is 276 g/mol. The van der Waals surface area contributed by atoms with E-state index in [1.807, 2.05) is 0 Å². The number of hydrogen-bond donors (Lipinski definition) is 2. The Labute approximate surface area is 114 Å². The van der Waals surface area contributed by atoms with E-state index in [1.54, 1.807) is 26.1 Å². The fourth-order valence-corrected chi connectivity index (χ4v) is 1.64. The molecule has 1 heterocycles. The van der Waals surface area contributed by atoms with Gasteiger partial charge >= 0.3 is 5.69 Å². The topological polar surface area (TPSA) is 80.1 Å². The molecule has 0 aliphatic heterocycles. The van der Waals surface area contributed by atoms with Crippen LogP contribution in [0.2, 0.25) is 0 Å². The van der Waals surface area contributed by atoms with E-state index in [0.29, 0.717) is 17.1 Å². The number of nitrogens with zero attached hydrogens (tertiary/aromatic N) is 2. The lowest BCUT2D eigenvalue weighted by atomic mass is 10.2. The number of hydrogen-bond acceptors (Lipinski definition) is 5. The van der Waals surface area contributed by atoms with Gasteiger partial charge in [-0.1, -0.05) is 6.07 Å². The van der Waals surface area contributed by atoms with Crippen LogP contribution in [0.4, 0.5) is 27.4 Å². The average molecular weight is 276 g/mol. The maximum atomic E-state index is 13.5. The van der Waals surface area contributed by atoms with E-state index >= 15 is 0 Å². The lowest BCUT2D eigenvalue weighted by molar-refractivity contribution is -0.384. The fraction of sp³-hybridized carbons (Fsp3) is 0.154. The lowest BCUT2D eigenvalue weighted by Gasteiger charge is -2.08. The maximum absolute atomic E-state index is 13.5. The zero-order chi connectivity index (χ0) is 14.7. The summed E-state index contributed by atoms with van der Waals surface area (Å²) in [6.45, 7) is 1.64. The summed E-state index contributed by atoms with van der Waals surface area (Å²) < 4.78 is 13.5. The van der Waals surface area contributed by atoms with Gasteiger partial charge < -0.3 is 10.6 Å². The number of nitro groups is 1. The van der Waals surface area contributed by atoms with Crippen molar-refractivity contribution in [3.05, 3.63) is 51.8 Å². The number of aromatic nitrogens is 1. The SMILES string of the molecule is CNc1ccc([N+](=O)[O-])c(Nc2ccc(C)c(F)c2)n1. The van der Waals surface area contributed by atoms with Crippen molar-refractivity contribution >= 4 is 23.0 Å². The van der Waals surface area contributed by atoms with Crippen molar-refractivity contribution in [2.45, 2.75) is 6.92 Å². The Morgan fingerprint density at radius 2 is 2.05 bits per heavy atom. The Hall–Kier alpha value is -2.70. The van der Waals surface area contributed by atoms with E-state index in [9.17, 15) is 14.5 Å². The van der Waals surface area contributed by atoms with Gasteiger partial charge in [-0.3, -0.25) is 10.1 Å². The third-order valence-corrected chi connectivity index (χ3v) is 2.76. The Morgan fingerprint density at radius 3 is 2.65 bits per heavy atom. The van der Waals surface area contributed by atoms with Crippen LogP contribution in [-0.4, -0.2) is 17.0 Å². The van der Waals surface area contributed by atoms with Gasteiger partial charge in [-0.15, -0.1) is 0 Å². The second kappa shape index (κ2) is 5.52. The van der Waals surface area contributed by atoms with Gasteiger partial charge in [0.1, 0.15) is 11.6 Å². The zero-order valence-corrected chi connectivity index (χ0v) is 11.0. The molecule has 2 N–H and O–H groups in total. The third-order valence-electron chi connectivity index (χ3n) is 2.76. The van der Waals surface area contributed by atoms with Gasteiger partial charge in [0.25, 0.3) is 0 Å².